The first-order valence-corrected chi connectivity index (χ1v) is 21.1. The van der Waals surface area contributed by atoms with Crippen molar-refractivity contribution in [2.45, 2.75) is 41.3 Å². The Kier molecular flexibility index (Phi) is 14.4. The molecular weight excluding hydrogens is 765 g/mol. The van der Waals surface area contributed by atoms with Crippen LogP contribution in [0.15, 0.2) is 139 Å². The number of rotatable bonds is 16. The molecule has 7 nitrogen and oxygen atoms in total. The minimum absolute atomic E-state index is 0.574. The van der Waals surface area contributed by atoms with Crippen LogP contribution in [-0.2, 0) is 0 Å². The fourth-order valence-electron chi connectivity index (χ4n) is 7.09. The molecule has 0 saturated carbocycles. The van der Waals surface area contributed by atoms with Crippen molar-refractivity contribution in [1.82, 2.24) is 29.5 Å². The zero-order valence-corrected chi connectivity index (χ0v) is 37.0. The van der Waals surface area contributed by atoms with Crippen molar-refractivity contribution in [2.75, 3.05) is 0 Å². The van der Waals surface area contributed by atoms with E-state index < -0.39 is 0 Å². The minimum Gasteiger partial charge on any atom is -0.456 e. The van der Waals surface area contributed by atoms with Crippen molar-refractivity contribution in [2.24, 2.45) is 0 Å². The zero-order chi connectivity index (χ0) is 43.6. The maximum absolute atomic E-state index is 5.73. The molecule has 0 aliphatic heterocycles. The van der Waals surface area contributed by atoms with Crippen LogP contribution in [0, 0.1) is 13.8 Å². The van der Waals surface area contributed by atoms with Crippen LogP contribution in [0.2, 0.25) is 13.6 Å². The van der Waals surface area contributed by atoms with Gasteiger partial charge in [0.2, 0.25) is 7.85 Å². The smallest absolute Gasteiger partial charge is 0.127 e. The number of hydrogen-bond donors (Lipinski definition) is 0. The van der Waals surface area contributed by atoms with Gasteiger partial charge in [-0.25, -0.2) is 4.98 Å². The van der Waals surface area contributed by atoms with Crippen LogP contribution in [-0.4, -0.2) is 57.0 Å². The molecule has 0 unspecified atom stereocenters. The van der Waals surface area contributed by atoms with Gasteiger partial charge < -0.3 is 8.98 Å². The van der Waals surface area contributed by atoms with Crippen LogP contribution in [0.25, 0.3) is 68.6 Å². The number of nitrogens with zero attached hydrogens (tertiary/aromatic N) is 6. The van der Waals surface area contributed by atoms with Gasteiger partial charge >= 0.3 is 198 Å². The maximum atomic E-state index is 5.73. The van der Waals surface area contributed by atoms with E-state index in [1.807, 2.05) is 102 Å². The van der Waals surface area contributed by atoms with Gasteiger partial charge in [0.1, 0.15) is 17.2 Å². The van der Waals surface area contributed by atoms with E-state index in [-0.39, 0.29) is 0 Å². The van der Waals surface area contributed by atoms with Crippen molar-refractivity contribution < 1.29 is 4.42 Å². The molecule has 0 fully saturated rings. The summed E-state index contributed by atoms with van der Waals surface area (Å²) in [4.78, 5) is 24.5. The maximum Gasteiger partial charge on any atom is 0.127 e. The monoisotopic (exact) mass is 814 g/mol. The number of thiazole rings is 1. The third-order valence-corrected chi connectivity index (χ3v) is 11.1. The largest absolute Gasteiger partial charge is 0.456 e. The number of aromatic nitrogens is 6. The number of aryl methyl sites for hydroxylation is 1. The molecule has 0 atom stereocenters. The second kappa shape index (κ2) is 20.0. The molecule has 0 spiro atoms. The summed E-state index contributed by atoms with van der Waals surface area (Å²) in [5.41, 5.74) is 12.3. The Labute approximate surface area is 366 Å². The van der Waals surface area contributed by atoms with E-state index in [1.165, 1.54) is 0 Å². The number of oxazole rings is 1. The Morgan fingerprint density at radius 1 is 0.918 bits per heavy atom. The fraction of sp³-hybridized carbons (Fsp3) is 0.120. The molecule has 6 aromatic rings. The third kappa shape index (κ3) is 9.69. The molecule has 61 heavy (non-hydrogen) atoms. The van der Waals surface area contributed by atoms with Crippen LogP contribution in [0.3, 0.4) is 0 Å². The molecule has 11 heteroatoms. The molecule has 0 amide bonds. The quantitative estimate of drug-likeness (QED) is 0.0715. The number of fused-ring (bicyclic) bond motifs is 1. The molecule has 0 radical (unpaired) electrons. The first-order valence-electron chi connectivity index (χ1n) is 20.3. The Bertz CT molecular complexity index is 2880. The molecular formula is C50H49B3N6OS. The van der Waals surface area contributed by atoms with E-state index in [2.05, 4.69) is 105 Å². The standard InChI is InChI=1S/C50H49B3N6OS/c1-11-16-23-41(53-10)48-57-46(35-21-18-17-19-22-35)56-47(58-48)36-24-25-45-43(28-36)54-49(61-45)37(30-52-9)27-34(13-3)31(6)26-40-39(20-12-2)32(7)59(44(40)15-5)38(14-4)29-42-33(8)60-50(51)55-42/h11-30,52H,1,3-5,51H2,2,6-10H3/b20-12-,23-16-,31-26+,34-27+,37-30+,38-29+. The van der Waals surface area contributed by atoms with Gasteiger partial charge in [-0.1, -0.05) is 44.8 Å². The molecule has 0 N–H and O–H groups in total. The average Bonchev–Trinajstić information content (AvgIpc) is 3.92. The summed E-state index contributed by atoms with van der Waals surface area (Å²) in [6.45, 7) is 30.8. The second-order valence-corrected chi connectivity index (χ2v) is 15.2. The van der Waals surface area contributed by atoms with Gasteiger partial charge in [0.05, 0.1) is 5.69 Å². The summed E-state index contributed by atoms with van der Waals surface area (Å²) in [5.74, 6) is 5.34. The van der Waals surface area contributed by atoms with Crippen molar-refractivity contribution in [1.29, 1.82) is 0 Å². The summed E-state index contributed by atoms with van der Waals surface area (Å²) in [7, 11) is 2.68. The van der Waals surface area contributed by atoms with E-state index in [0.717, 1.165) is 95.5 Å². The Hall–Kier alpha value is -6.71. The topological polar surface area (TPSA) is 82.5 Å². The summed E-state index contributed by atoms with van der Waals surface area (Å²) < 4.78 is 8.96. The van der Waals surface area contributed by atoms with Crippen LogP contribution < -0.4 is 5.79 Å². The fourth-order valence-corrected chi connectivity index (χ4v) is 8.05. The Morgan fingerprint density at radius 3 is 2.30 bits per heavy atom. The number of benzene rings is 2. The summed E-state index contributed by atoms with van der Waals surface area (Å²) >= 11 is 1.66. The van der Waals surface area contributed by atoms with E-state index in [9.17, 15) is 0 Å². The van der Waals surface area contributed by atoms with Crippen molar-refractivity contribution in [3.63, 3.8) is 0 Å². The van der Waals surface area contributed by atoms with Gasteiger partial charge in [0, 0.05) is 22.5 Å². The molecule has 0 saturated heterocycles. The second-order valence-electron chi connectivity index (χ2n) is 14.2. The Morgan fingerprint density at radius 2 is 1.67 bits per heavy atom. The summed E-state index contributed by atoms with van der Waals surface area (Å²) in [6, 6.07) is 16.2. The third-order valence-electron chi connectivity index (χ3n) is 10.1. The predicted molar refractivity (Wildman–Crippen MR) is 270 cm³/mol. The van der Waals surface area contributed by atoms with Gasteiger partial charge in [-0.15, -0.1) is 0 Å². The van der Waals surface area contributed by atoms with Crippen molar-refractivity contribution >= 4 is 90.4 Å². The van der Waals surface area contributed by atoms with Gasteiger partial charge in [0.25, 0.3) is 0 Å². The van der Waals surface area contributed by atoms with E-state index in [1.54, 1.807) is 17.4 Å². The molecule has 4 heterocycles. The normalized spacial score (nSPS) is 13.0. The first-order chi connectivity index (χ1) is 29.6. The van der Waals surface area contributed by atoms with Gasteiger partial charge in [0.15, 0.2) is 0 Å². The average molecular weight is 814 g/mol. The van der Waals surface area contributed by atoms with E-state index >= 15 is 0 Å². The van der Waals surface area contributed by atoms with Gasteiger partial charge in [-0.05, 0) is 57.6 Å². The van der Waals surface area contributed by atoms with Crippen LogP contribution in [0.4, 0.5) is 0 Å². The SMILES string of the molecule is Bc1nc(/C=C(\C=C)n2c(C)c(/C=C\C)c(/C=C(C)/C(C=C)=C/C(=C\BC)c3nc4cc(-c5nc(C(=B/C)/C=C\C=C)nc(-c6ccccc6)n5)ccc4s3)c2C=C)c(C)o1. The van der Waals surface area contributed by atoms with Crippen molar-refractivity contribution in [3.05, 3.63) is 179 Å². The molecule has 0 aliphatic carbocycles. The molecule has 6 rings (SSSR count). The van der Waals surface area contributed by atoms with Gasteiger partial charge in [-0.3, -0.25) is 0 Å². The minimum atomic E-state index is 0.574. The van der Waals surface area contributed by atoms with E-state index in [0.29, 0.717) is 23.3 Å². The molecule has 300 valence electrons. The molecule has 2 aromatic carbocycles. The van der Waals surface area contributed by atoms with Crippen LogP contribution in [0.1, 0.15) is 58.6 Å². The van der Waals surface area contributed by atoms with Crippen LogP contribution >= 0.6 is 11.3 Å². The van der Waals surface area contributed by atoms with Crippen LogP contribution in [0.5, 0.6) is 0 Å². The zero-order valence-electron chi connectivity index (χ0n) is 36.2. The van der Waals surface area contributed by atoms with E-state index in [4.69, 9.17) is 24.4 Å². The molecule has 4 aromatic heterocycles. The molecule has 0 aliphatic rings. The van der Waals surface area contributed by atoms with Gasteiger partial charge in [-0.2, -0.15) is 0 Å². The Balaban J connectivity index is 1.41. The summed E-state index contributed by atoms with van der Waals surface area (Å²) in [5, 5.41) is 0.913. The number of allylic oxidation sites excluding steroid dienone is 11. The molecule has 0 bridgehead atoms. The van der Waals surface area contributed by atoms with Crippen molar-refractivity contribution in [3.8, 4) is 22.8 Å². The first kappa shape index (κ1) is 43.9. The summed E-state index contributed by atoms with van der Waals surface area (Å²) in [6.07, 6.45) is 21.8. The number of hydrogen-bond acceptors (Lipinski definition) is 7. The predicted octanol–water partition coefficient (Wildman–Crippen LogP) is 10.4.